The molecule has 1 unspecified atom stereocenters. The molecule has 0 spiro atoms. The van der Waals surface area contributed by atoms with E-state index in [1.165, 1.54) is 66.1 Å². The first-order valence-electron chi connectivity index (χ1n) is 23.1. The molecule has 0 aliphatic heterocycles. The number of nitrogens with zero attached hydrogens (tertiary/aromatic N) is 5. The van der Waals surface area contributed by atoms with Crippen LogP contribution in [0.25, 0.3) is 72.2 Å². The third kappa shape index (κ3) is 8.40. The number of rotatable bonds is 8. The van der Waals surface area contributed by atoms with Crippen LogP contribution in [0.1, 0.15) is 88.3 Å². The van der Waals surface area contributed by atoms with Gasteiger partial charge < -0.3 is 8.98 Å². The summed E-state index contributed by atoms with van der Waals surface area (Å²) in [5.41, 5.74) is 11.7. The van der Waals surface area contributed by atoms with Crippen molar-refractivity contribution in [2.24, 2.45) is 17.8 Å². The molecule has 3 aliphatic carbocycles. The topological polar surface area (TPSA) is 69.6 Å². The van der Waals surface area contributed by atoms with Gasteiger partial charge in [0.1, 0.15) is 0 Å². The summed E-state index contributed by atoms with van der Waals surface area (Å²) < 4.78 is 9.90. The Morgan fingerprint density at radius 1 is 0.797 bits per heavy atom. The van der Waals surface area contributed by atoms with Crippen LogP contribution in [0.4, 0.5) is 0 Å². The zero-order valence-corrected chi connectivity index (χ0v) is 42.6. The van der Waals surface area contributed by atoms with E-state index in [0.717, 1.165) is 67.8 Å². The van der Waals surface area contributed by atoms with Crippen LogP contribution in [-0.4, -0.2) is 37.8 Å². The van der Waals surface area contributed by atoms with E-state index in [9.17, 15) is 0 Å². The molecule has 2 bridgehead atoms. The van der Waals surface area contributed by atoms with Crippen molar-refractivity contribution < 1.29 is 24.5 Å². The first-order valence-corrected chi connectivity index (χ1v) is 30.4. The van der Waals surface area contributed by atoms with Gasteiger partial charge in [-0.3, -0.25) is 15.0 Å². The third-order valence-corrected chi connectivity index (χ3v) is 18.2. The molecule has 0 N–H and O–H groups in total. The summed E-state index contributed by atoms with van der Waals surface area (Å²) in [6, 6.07) is 38.7. The molecule has 4 aromatic carbocycles. The minimum Gasteiger partial charge on any atom is 0 e. The minimum atomic E-state index is -1.91. The molecule has 6 nitrogen and oxygen atoms in total. The maximum absolute atomic E-state index is 5.99. The van der Waals surface area contributed by atoms with E-state index in [-0.39, 0.29) is 20.1 Å². The standard InChI is InChI=1S/C33H27N4O.C23H30GeN.Ir/c1-19(2)25-15-21-9-5-6-10-23(21)30(20(3)4)31(25)37-28-13-14-34-18-27(28)36-32(37)22-16-26-24-11-7-8-12-29(24)38-33(26)35-17-22;1-24(2,3)22-16-25-23(19-7-5-4-6-8-19)15-21(22)14-20-13-17-9-11-18(20)12-10-17;/h5-15,17-20H,1-4H3;4-7,15-18,20H,9-14H2,1-3H3;/q2*-1;. The fraction of sp³-hybridized carbons (Fsp3) is 0.321. The smallest absolute Gasteiger partial charge is 0 e. The maximum atomic E-state index is 5.99. The number of para-hydroxylation sites is 1. The zero-order chi connectivity index (χ0) is 43.4. The van der Waals surface area contributed by atoms with Crippen molar-refractivity contribution in [2.45, 2.75) is 95.3 Å². The molecule has 3 aliphatic rings. The summed E-state index contributed by atoms with van der Waals surface area (Å²) in [4.78, 5) is 19.0. The fourth-order valence-electron chi connectivity index (χ4n) is 10.7. The van der Waals surface area contributed by atoms with Crippen LogP contribution < -0.4 is 4.40 Å². The summed E-state index contributed by atoms with van der Waals surface area (Å²) in [6.45, 7) is 9.06. The van der Waals surface area contributed by atoms with E-state index >= 15 is 0 Å². The van der Waals surface area contributed by atoms with Crippen molar-refractivity contribution in [1.82, 2.24) is 24.5 Å². The first-order chi connectivity index (χ1) is 30.5. The van der Waals surface area contributed by atoms with Crippen molar-refractivity contribution in [2.75, 3.05) is 0 Å². The quantitative estimate of drug-likeness (QED) is 0.112. The van der Waals surface area contributed by atoms with E-state index in [0.29, 0.717) is 17.5 Å². The van der Waals surface area contributed by atoms with Gasteiger partial charge in [-0.15, -0.1) is 6.07 Å². The number of benzene rings is 4. The Hall–Kier alpha value is -4.95. The third-order valence-electron chi connectivity index (χ3n) is 13.8. The molecular weight excluding hydrogens is 1020 g/mol. The molecular formula is C56H57GeIrN5O-2. The van der Waals surface area contributed by atoms with Crippen molar-refractivity contribution in [1.29, 1.82) is 0 Å². The van der Waals surface area contributed by atoms with Gasteiger partial charge in [-0.1, -0.05) is 81.1 Å². The average molecular weight is 1080 g/mol. The first kappa shape index (κ1) is 44.3. The Morgan fingerprint density at radius 2 is 1.56 bits per heavy atom. The molecule has 9 aromatic rings. The molecule has 3 saturated carbocycles. The second-order valence-electron chi connectivity index (χ2n) is 19.7. The summed E-state index contributed by atoms with van der Waals surface area (Å²) in [5, 5.41) is 4.39. The van der Waals surface area contributed by atoms with Gasteiger partial charge in [0.05, 0.1) is 28.6 Å². The zero-order valence-electron chi connectivity index (χ0n) is 38.1. The summed E-state index contributed by atoms with van der Waals surface area (Å²) in [5.74, 6) is 11.8. The van der Waals surface area contributed by atoms with Gasteiger partial charge in [0.2, 0.25) is 0 Å². The molecule has 1 radical (unpaired) electrons. The van der Waals surface area contributed by atoms with Crippen molar-refractivity contribution in [3.05, 3.63) is 145 Å². The molecule has 3 fully saturated rings. The molecule has 8 heteroatoms. The van der Waals surface area contributed by atoms with Crippen LogP contribution in [-0.2, 0) is 26.5 Å². The SMILES string of the molecule is CC(C)c1cc2ccccc2c(C(C)C)c1-n1c(-c2[c-]c3c(nc2)oc2ccccc23)nc2cnccc21.[CH3][Ge]([CH3])([CH3])[c]1cnc(-c2[c-]cccc2)cc1CC1CC2CCC1CC2.[Ir]. The molecule has 1 atom stereocenters. The molecule has 5 aromatic heterocycles. The van der Waals surface area contributed by atoms with E-state index in [2.05, 4.69) is 127 Å². The second kappa shape index (κ2) is 18.1. The largest absolute Gasteiger partial charge is 0 e. The van der Waals surface area contributed by atoms with Crippen LogP contribution in [0.5, 0.6) is 0 Å². The van der Waals surface area contributed by atoms with Gasteiger partial charge in [0.25, 0.3) is 0 Å². The summed E-state index contributed by atoms with van der Waals surface area (Å²) >= 11 is -1.91. The van der Waals surface area contributed by atoms with E-state index < -0.39 is 13.3 Å². The number of hydrogen-bond donors (Lipinski definition) is 0. The normalized spacial score (nSPS) is 17.4. The Morgan fingerprint density at radius 3 is 2.28 bits per heavy atom. The Balaban J connectivity index is 0.000000174. The van der Waals surface area contributed by atoms with Gasteiger partial charge in [-0.2, -0.15) is 0 Å². The van der Waals surface area contributed by atoms with E-state index in [1.54, 1.807) is 9.96 Å². The van der Waals surface area contributed by atoms with Gasteiger partial charge >= 0.3 is 156 Å². The minimum absolute atomic E-state index is 0. The average Bonchev–Trinajstić information content (AvgIpc) is 3.87. The fourth-order valence-corrected chi connectivity index (χ4v) is 14.1. The maximum Gasteiger partial charge on any atom is 0 e. The second-order valence-corrected chi connectivity index (χ2v) is 30.3. The summed E-state index contributed by atoms with van der Waals surface area (Å²) in [6.07, 6.45) is 16.4. The van der Waals surface area contributed by atoms with Crippen molar-refractivity contribution >= 4 is 61.5 Å². The molecule has 12 rings (SSSR count). The number of imidazole rings is 1. The van der Waals surface area contributed by atoms with Crippen LogP contribution in [0.15, 0.2) is 120 Å². The number of pyridine rings is 3. The Labute approximate surface area is 394 Å². The number of aromatic nitrogens is 5. The molecule has 0 saturated heterocycles. The van der Waals surface area contributed by atoms with Gasteiger partial charge in [-0.05, 0) is 63.5 Å². The van der Waals surface area contributed by atoms with Gasteiger partial charge in [0.15, 0.2) is 5.71 Å². The Bertz CT molecular complexity index is 3100. The number of hydrogen-bond acceptors (Lipinski definition) is 5. The predicted molar refractivity (Wildman–Crippen MR) is 263 cm³/mol. The van der Waals surface area contributed by atoms with Crippen molar-refractivity contribution in [3.63, 3.8) is 0 Å². The van der Waals surface area contributed by atoms with Crippen molar-refractivity contribution in [3.8, 4) is 28.3 Å². The molecule has 5 heterocycles. The predicted octanol–water partition coefficient (Wildman–Crippen LogP) is 14.0. The summed E-state index contributed by atoms with van der Waals surface area (Å²) in [7, 11) is 0. The van der Waals surface area contributed by atoms with Gasteiger partial charge in [0, 0.05) is 32.0 Å². The molecule has 327 valence electrons. The number of furan rings is 1. The molecule has 0 amide bonds. The van der Waals surface area contributed by atoms with Crippen LogP contribution in [0.2, 0.25) is 17.3 Å². The van der Waals surface area contributed by atoms with Gasteiger partial charge in [-0.25, -0.2) is 0 Å². The van der Waals surface area contributed by atoms with Crippen LogP contribution in [0.3, 0.4) is 0 Å². The number of fused-ring (bicyclic) bond motifs is 8. The Kier molecular flexibility index (Phi) is 12.5. The van der Waals surface area contributed by atoms with E-state index in [1.807, 2.05) is 55.0 Å². The van der Waals surface area contributed by atoms with Crippen LogP contribution >= 0.6 is 0 Å². The van der Waals surface area contributed by atoms with Crippen LogP contribution in [0, 0.1) is 29.9 Å². The molecule has 64 heavy (non-hydrogen) atoms. The monoisotopic (exact) mass is 1080 g/mol. The van der Waals surface area contributed by atoms with E-state index in [4.69, 9.17) is 19.4 Å².